The fourth-order valence-electron chi connectivity index (χ4n) is 4.53. The number of primary amides is 1. The van der Waals surface area contributed by atoms with Gasteiger partial charge >= 0.3 is 6.18 Å². The molecule has 14 heteroatoms. The number of rotatable bonds is 7. The van der Waals surface area contributed by atoms with Crippen molar-refractivity contribution in [2.45, 2.75) is 12.7 Å². The molecule has 2 heterocycles. The molecule has 0 spiro atoms. The maximum absolute atomic E-state index is 14.2. The molecule has 7 nitrogen and oxygen atoms in total. The van der Waals surface area contributed by atoms with E-state index in [1.54, 1.807) is 0 Å². The minimum Gasteiger partial charge on any atom is -0.366 e. The van der Waals surface area contributed by atoms with Gasteiger partial charge in [-0.3, -0.25) is 19.3 Å². The maximum Gasteiger partial charge on any atom is 0.435 e. The highest BCUT2D eigenvalue weighted by Gasteiger charge is 2.37. The second-order valence-corrected chi connectivity index (χ2v) is 9.43. The molecule has 0 atom stereocenters. The Morgan fingerprint density at radius 1 is 0.909 bits per heavy atom. The van der Waals surface area contributed by atoms with Gasteiger partial charge in [0.05, 0.1) is 22.5 Å². The van der Waals surface area contributed by atoms with Crippen LogP contribution in [-0.4, -0.2) is 26.6 Å². The lowest BCUT2D eigenvalue weighted by molar-refractivity contribution is -0.140. The number of alkyl halides is 3. The van der Waals surface area contributed by atoms with Crippen LogP contribution in [0.4, 0.5) is 30.7 Å². The average Bonchev–Trinajstić information content (AvgIpc) is 3.30. The fourth-order valence-corrected chi connectivity index (χ4v) is 4.53. The standard InChI is InChI=1S/C30H18F7N5O2/c31-17-4-6-25-22(13-17)28(30(35,36)37)41-42(25)14-26(43)40-24(10-15-8-18(32)12-19(33)9-15)27-20(2-1-7-39-27)16-3-5-23(34)21(11-16)29(38)44/h1-13H,14H2,(H2,38,44)(H,40,43)/b24-10-. The number of aromatic nitrogens is 3. The van der Waals surface area contributed by atoms with Crippen LogP contribution in [0.25, 0.3) is 33.8 Å². The van der Waals surface area contributed by atoms with Crippen molar-refractivity contribution in [2.24, 2.45) is 5.73 Å². The van der Waals surface area contributed by atoms with Crippen molar-refractivity contribution in [1.29, 1.82) is 0 Å². The van der Waals surface area contributed by atoms with E-state index in [0.717, 1.165) is 47.2 Å². The van der Waals surface area contributed by atoms with Crippen LogP contribution in [0.3, 0.4) is 0 Å². The number of hydrogen-bond donors (Lipinski definition) is 2. The quantitative estimate of drug-likeness (QED) is 0.217. The minimum absolute atomic E-state index is 0.0177. The minimum atomic E-state index is -4.96. The first-order chi connectivity index (χ1) is 20.8. The highest BCUT2D eigenvalue weighted by molar-refractivity contribution is 5.97. The Kier molecular flexibility index (Phi) is 7.91. The Morgan fingerprint density at radius 2 is 1.64 bits per heavy atom. The second-order valence-electron chi connectivity index (χ2n) is 9.43. The van der Waals surface area contributed by atoms with Crippen LogP contribution >= 0.6 is 0 Å². The Balaban J connectivity index is 1.60. The molecule has 0 aliphatic rings. The van der Waals surface area contributed by atoms with E-state index < -0.39 is 64.4 Å². The summed E-state index contributed by atoms with van der Waals surface area (Å²) in [6.45, 7) is -0.794. The predicted molar refractivity (Wildman–Crippen MR) is 145 cm³/mol. The van der Waals surface area contributed by atoms with Gasteiger partial charge in [0.1, 0.15) is 29.8 Å². The van der Waals surface area contributed by atoms with Gasteiger partial charge in [0.2, 0.25) is 5.91 Å². The van der Waals surface area contributed by atoms with Crippen LogP contribution in [0.2, 0.25) is 0 Å². The van der Waals surface area contributed by atoms with Crippen molar-refractivity contribution >= 4 is 34.5 Å². The van der Waals surface area contributed by atoms with Crippen molar-refractivity contribution in [2.75, 3.05) is 0 Å². The van der Waals surface area contributed by atoms with Crippen molar-refractivity contribution in [3.8, 4) is 11.1 Å². The molecule has 2 aromatic heterocycles. The number of halogens is 7. The fraction of sp³-hybridized carbons (Fsp3) is 0.0667. The zero-order chi connectivity index (χ0) is 31.8. The summed E-state index contributed by atoms with van der Waals surface area (Å²) in [6, 6.07) is 11.5. The van der Waals surface area contributed by atoms with Gasteiger partial charge in [-0.15, -0.1) is 0 Å². The molecule has 0 unspecified atom stereocenters. The van der Waals surface area contributed by atoms with Gasteiger partial charge in [-0.05, 0) is 65.7 Å². The predicted octanol–water partition coefficient (Wildman–Crippen LogP) is 6.09. The Bertz CT molecular complexity index is 1950. The number of nitrogens with two attached hydrogens (primary N) is 1. The molecule has 44 heavy (non-hydrogen) atoms. The third kappa shape index (κ3) is 6.28. The van der Waals surface area contributed by atoms with Crippen molar-refractivity contribution < 1.29 is 40.3 Å². The molecule has 224 valence electrons. The number of amides is 2. The molecular formula is C30H18F7N5O2. The van der Waals surface area contributed by atoms with E-state index in [9.17, 15) is 40.3 Å². The van der Waals surface area contributed by atoms with Gasteiger partial charge in [-0.2, -0.15) is 18.3 Å². The van der Waals surface area contributed by atoms with Crippen LogP contribution in [-0.2, 0) is 17.5 Å². The topological polar surface area (TPSA) is 103 Å². The van der Waals surface area contributed by atoms with E-state index in [1.807, 2.05) is 0 Å². The van der Waals surface area contributed by atoms with Gasteiger partial charge in [0, 0.05) is 23.2 Å². The smallest absolute Gasteiger partial charge is 0.366 e. The summed E-state index contributed by atoms with van der Waals surface area (Å²) in [7, 11) is 0. The summed E-state index contributed by atoms with van der Waals surface area (Å²) >= 11 is 0. The summed E-state index contributed by atoms with van der Waals surface area (Å²) in [5, 5.41) is 5.40. The van der Waals surface area contributed by atoms with E-state index in [4.69, 9.17) is 5.73 Å². The lowest BCUT2D eigenvalue weighted by atomic mass is 9.98. The maximum atomic E-state index is 14.2. The lowest BCUT2D eigenvalue weighted by Crippen LogP contribution is -2.27. The number of carbonyl (C=O) groups excluding carboxylic acids is 2. The first-order valence-electron chi connectivity index (χ1n) is 12.6. The first kappa shape index (κ1) is 29.9. The van der Waals surface area contributed by atoms with Gasteiger partial charge < -0.3 is 11.1 Å². The van der Waals surface area contributed by atoms with E-state index in [1.165, 1.54) is 24.4 Å². The molecule has 5 aromatic rings. The summed E-state index contributed by atoms with van der Waals surface area (Å²) in [6.07, 6.45) is -2.48. The van der Waals surface area contributed by atoms with Crippen molar-refractivity contribution in [3.63, 3.8) is 0 Å². The molecule has 3 N–H and O–H groups in total. The molecule has 0 radical (unpaired) electrons. The SMILES string of the molecule is NC(=O)c1cc(-c2cccnc2/C(=C/c2cc(F)cc(F)c2)NC(=O)Cn2nc(C(F)(F)F)c3cc(F)ccc32)ccc1F. The summed E-state index contributed by atoms with van der Waals surface area (Å²) in [5.41, 5.74) is 3.44. The normalized spacial score (nSPS) is 12.0. The molecule has 3 aromatic carbocycles. The monoisotopic (exact) mass is 613 g/mol. The Morgan fingerprint density at radius 3 is 2.32 bits per heavy atom. The zero-order valence-electron chi connectivity index (χ0n) is 22.1. The third-order valence-corrected chi connectivity index (χ3v) is 6.35. The number of nitrogens with one attached hydrogen (secondary N) is 1. The van der Waals surface area contributed by atoms with E-state index >= 15 is 0 Å². The van der Waals surface area contributed by atoms with E-state index in [2.05, 4.69) is 15.4 Å². The molecule has 0 aliphatic heterocycles. The number of pyridine rings is 1. The highest BCUT2D eigenvalue weighted by Crippen LogP contribution is 2.34. The second kappa shape index (κ2) is 11.6. The Labute approximate surface area is 243 Å². The molecule has 0 aliphatic carbocycles. The van der Waals surface area contributed by atoms with E-state index in [-0.39, 0.29) is 33.6 Å². The third-order valence-electron chi connectivity index (χ3n) is 6.35. The largest absolute Gasteiger partial charge is 0.435 e. The van der Waals surface area contributed by atoms with Gasteiger partial charge in [0.25, 0.3) is 5.91 Å². The summed E-state index contributed by atoms with van der Waals surface area (Å²) in [5.74, 6) is -5.72. The molecule has 5 rings (SSSR count). The van der Waals surface area contributed by atoms with Gasteiger partial charge in [0.15, 0.2) is 5.69 Å². The number of fused-ring (bicyclic) bond motifs is 1. The zero-order valence-corrected chi connectivity index (χ0v) is 22.1. The molecular weight excluding hydrogens is 595 g/mol. The average molecular weight is 613 g/mol. The molecule has 0 saturated heterocycles. The molecule has 0 bridgehead atoms. The number of benzene rings is 3. The van der Waals surface area contributed by atoms with Crippen LogP contribution in [0.1, 0.15) is 27.3 Å². The number of hydrogen-bond acceptors (Lipinski definition) is 4. The molecule has 2 amide bonds. The highest BCUT2D eigenvalue weighted by atomic mass is 19.4. The van der Waals surface area contributed by atoms with E-state index in [0.29, 0.717) is 12.1 Å². The van der Waals surface area contributed by atoms with Gasteiger partial charge in [-0.25, -0.2) is 17.6 Å². The Hall–Kier alpha value is -5.53. The van der Waals surface area contributed by atoms with Crippen molar-refractivity contribution in [1.82, 2.24) is 20.1 Å². The van der Waals surface area contributed by atoms with Gasteiger partial charge in [-0.1, -0.05) is 12.1 Å². The van der Waals surface area contributed by atoms with Crippen LogP contribution in [0, 0.1) is 23.3 Å². The van der Waals surface area contributed by atoms with Crippen molar-refractivity contribution in [3.05, 3.63) is 119 Å². The lowest BCUT2D eigenvalue weighted by Gasteiger charge is -2.15. The summed E-state index contributed by atoms with van der Waals surface area (Å²) < 4.78 is 97.6. The van der Waals surface area contributed by atoms with Crippen LogP contribution in [0.5, 0.6) is 0 Å². The summed E-state index contributed by atoms with van der Waals surface area (Å²) in [4.78, 5) is 29.3. The number of carbonyl (C=O) groups is 2. The molecule has 0 fully saturated rings. The first-order valence-corrected chi connectivity index (χ1v) is 12.6. The molecule has 0 saturated carbocycles. The number of nitrogens with zero attached hydrogens (tertiary/aromatic N) is 3. The van der Waals surface area contributed by atoms with Crippen LogP contribution in [0.15, 0.2) is 72.9 Å². The van der Waals surface area contributed by atoms with Crippen LogP contribution < -0.4 is 11.1 Å².